The fourth-order valence-corrected chi connectivity index (χ4v) is 0.332. The summed E-state index contributed by atoms with van der Waals surface area (Å²) in [4.78, 5) is 9.81. The van der Waals surface area contributed by atoms with E-state index in [1.54, 1.807) is 6.92 Å². The molecule has 0 saturated carbocycles. The van der Waals surface area contributed by atoms with Gasteiger partial charge >= 0.3 is 5.97 Å². The summed E-state index contributed by atoms with van der Waals surface area (Å²) >= 11 is 0. The minimum Gasteiger partial charge on any atom is -0.480 e. The summed E-state index contributed by atoms with van der Waals surface area (Å²) in [5.74, 6) is -0.962. The van der Waals surface area contributed by atoms with E-state index in [-0.39, 0.29) is 12.6 Å². The van der Waals surface area contributed by atoms with Crippen LogP contribution in [0.25, 0.3) is 0 Å². The van der Waals surface area contributed by atoms with Gasteiger partial charge in [-0.05, 0) is 6.92 Å². The number of hydrogen-bond donors (Lipinski definition) is 2. The van der Waals surface area contributed by atoms with E-state index >= 15 is 0 Å². The van der Waals surface area contributed by atoms with Crippen molar-refractivity contribution in [1.82, 2.24) is 0 Å². The molecule has 1 unspecified atom stereocenters. The van der Waals surface area contributed by atoms with Gasteiger partial charge in [-0.25, -0.2) is 4.79 Å². The van der Waals surface area contributed by atoms with Crippen molar-refractivity contribution in [2.45, 2.75) is 13.0 Å². The Balaban J connectivity index is 3.01. The maximum atomic E-state index is 9.81. The fraction of sp³-hybridized carbons (Fsp3) is 0.800. The van der Waals surface area contributed by atoms with Crippen LogP contribution in [0.5, 0.6) is 0 Å². The van der Waals surface area contributed by atoms with Crippen LogP contribution in [-0.2, 0) is 9.53 Å². The Morgan fingerprint density at radius 1 is 1.89 bits per heavy atom. The van der Waals surface area contributed by atoms with Crippen LogP contribution in [-0.4, -0.2) is 30.3 Å². The SMILES string of the molecule is CC(N)COCC(=O)O. The number of carboxylic acid groups (broad SMARTS) is 1. The first-order chi connectivity index (χ1) is 4.13. The van der Waals surface area contributed by atoms with E-state index in [4.69, 9.17) is 10.8 Å². The summed E-state index contributed by atoms with van der Waals surface area (Å²) in [5.41, 5.74) is 5.26. The molecule has 0 fully saturated rings. The van der Waals surface area contributed by atoms with Crippen LogP contribution in [0.15, 0.2) is 0 Å². The Labute approximate surface area is 53.6 Å². The highest BCUT2D eigenvalue weighted by atomic mass is 16.5. The molecule has 0 aromatic rings. The second kappa shape index (κ2) is 4.29. The summed E-state index contributed by atoms with van der Waals surface area (Å²) in [6, 6.07) is -0.0932. The van der Waals surface area contributed by atoms with Gasteiger partial charge in [0, 0.05) is 6.04 Å². The van der Waals surface area contributed by atoms with Gasteiger partial charge in [-0.15, -0.1) is 0 Å². The predicted molar refractivity (Wildman–Crippen MR) is 32.1 cm³/mol. The fourth-order valence-electron chi connectivity index (χ4n) is 0.332. The van der Waals surface area contributed by atoms with Crippen molar-refractivity contribution < 1.29 is 14.6 Å². The quantitative estimate of drug-likeness (QED) is 0.539. The van der Waals surface area contributed by atoms with Gasteiger partial charge in [0.05, 0.1) is 6.61 Å². The zero-order valence-corrected chi connectivity index (χ0v) is 5.33. The van der Waals surface area contributed by atoms with Gasteiger partial charge in [-0.3, -0.25) is 0 Å². The van der Waals surface area contributed by atoms with Crippen molar-refractivity contribution in [3.63, 3.8) is 0 Å². The third-order valence-corrected chi connectivity index (χ3v) is 0.606. The first-order valence-corrected chi connectivity index (χ1v) is 2.68. The molecule has 0 aliphatic heterocycles. The summed E-state index contributed by atoms with van der Waals surface area (Å²) in [6.07, 6.45) is 0. The number of carboxylic acids is 1. The van der Waals surface area contributed by atoms with E-state index in [0.29, 0.717) is 6.61 Å². The molecule has 0 radical (unpaired) electrons. The molecule has 0 aliphatic rings. The lowest BCUT2D eigenvalue weighted by molar-refractivity contribution is -0.142. The van der Waals surface area contributed by atoms with Crippen LogP contribution in [0.4, 0.5) is 0 Å². The first kappa shape index (κ1) is 8.39. The Bertz CT molecular complexity index is 92.2. The molecule has 9 heavy (non-hydrogen) atoms. The molecule has 0 amide bonds. The molecule has 0 bridgehead atoms. The third-order valence-electron chi connectivity index (χ3n) is 0.606. The average Bonchev–Trinajstić information content (AvgIpc) is 1.63. The van der Waals surface area contributed by atoms with Gasteiger partial charge in [0.15, 0.2) is 0 Å². The molecule has 0 saturated heterocycles. The number of aliphatic carboxylic acids is 1. The van der Waals surface area contributed by atoms with Crippen LogP contribution in [0.1, 0.15) is 6.92 Å². The minimum atomic E-state index is -0.962. The largest absolute Gasteiger partial charge is 0.480 e. The molecule has 0 heterocycles. The Morgan fingerprint density at radius 2 is 2.44 bits per heavy atom. The average molecular weight is 133 g/mol. The lowest BCUT2D eigenvalue weighted by atomic mass is 10.4. The van der Waals surface area contributed by atoms with Gasteiger partial charge in [-0.2, -0.15) is 0 Å². The standard InChI is InChI=1S/C5H11NO3/c1-4(6)2-9-3-5(7)8/h4H,2-3,6H2,1H3,(H,7,8). The minimum absolute atomic E-state index is 0.0932. The summed E-state index contributed by atoms with van der Waals surface area (Å²) in [5, 5.41) is 8.06. The van der Waals surface area contributed by atoms with E-state index in [9.17, 15) is 4.79 Å². The zero-order chi connectivity index (χ0) is 7.28. The molecule has 0 spiro atoms. The normalized spacial score (nSPS) is 13.1. The topological polar surface area (TPSA) is 72.5 Å². The molecule has 1 atom stereocenters. The third kappa shape index (κ3) is 7.39. The van der Waals surface area contributed by atoms with Crippen LogP contribution in [0.2, 0.25) is 0 Å². The summed E-state index contributed by atoms with van der Waals surface area (Å²) < 4.78 is 4.63. The zero-order valence-electron chi connectivity index (χ0n) is 5.33. The van der Waals surface area contributed by atoms with E-state index in [2.05, 4.69) is 4.74 Å². The molecule has 4 nitrogen and oxygen atoms in total. The molecule has 54 valence electrons. The maximum Gasteiger partial charge on any atom is 0.329 e. The smallest absolute Gasteiger partial charge is 0.329 e. The van der Waals surface area contributed by atoms with Crippen molar-refractivity contribution in [1.29, 1.82) is 0 Å². The molecule has 0 rings (SSSR count). The number of nitrogens with two attached hydrogens (primary N) is 1. The van der Waals surface area contributed by atoms with Gasteiger partial charge in [0.2, 0.25) is 0 Å². The maximum absolute atomic E-state index is 9.81. The number of hydrogen-bond acceptors (Lipinski definition) is 3. The van der Waals surface area contributed by atoms with Gasteiger partial charge < -0.3 is 15.6 Å². The second-order valence-electron chi connectivity index (χ2n) is 1.89. The molecule has 4 heteroatoms. The summed E-state index contributed by atoms with van der Waals surface area (Å²) in [6.45, 7) is 1.79. The van der Waals surface area contributed by atoms with Crippen molar-refractivity contribution >= 4 is 5.97 Å². The van der Waals surface area contributed by atoms with E-state index < -0.39 is 5.97 Å². The lowest BCUT2D eigenvalue weighted by Gasteiger charge is -2.02. The van der Waals surface area contributed by atoms with E-state index in [1.165, 1.54) is 0 Å². The molecular formula is C5H11NO3. The highest BCUT2D eigenvalue weighted by molar-refractivity contribution is 5.67. The first-order valence-electron chi connectivity index (χ1n) is 2.68. The second-order valence-corrected chi connectivity index (χ2v) is 1.89. The van der Waals surface area contributed by atoms with Crippen molar-refractivity contribution in [2.24, 2.45) is 5.73 Å². The van der Waals surface area contributed by atoms with Gasteiger partial charge in [0.1, 0.15) is 6.61 Å². The van der Waals surface area contributed by atoms with E-state index in [1.807, 2.05) is 0 Å². The molecule has 3 N–H and O–H groups in total. The monoisotopic (exact) mass is 133 g/mol. The van der Waals surface area contributed by atoms with Crippen molar-refractivity contribution in [3.05, 3.63) is 0 Å². The number of carbonyl (C=O) groups is 1. The van der Waals surface area contributed by atoms with Crippen LogP contribution < -0.4 is 5.73 Å². The Morgan fingerprint density at radius 3 is 2.78 bits per heavy atom. The van der Waals surface area contributed by atoms with Crippen LogP contribution in [0, 0.1) is 0 Å². The van der Waals surface area contributed by atoms with Crippen molar-refractivity contribution in [2.75, 3.05) is 13.2 Å². The molecular weight excluding hydrogens is 122 g/mol. The molecule has 0 aromatic heterocycles. The lowest BCUT2D eigenvalue weighted by Crippen LogP contribution is -2.23. The summed E-state index contributed by atoms with van der Waals surface area (Å²) in [7, 11) is 0. The predicted octanol–water partition coefficient (Wildman–Crippen LogP) is -0.565. The van der Waals surface area contributed by atoms with Crippen LogP contribution >= 0.6 is 0 Å². The Kier molecular flexibility index (Phi) is 4.00. The van der Waals surface area contributed by atoms with Crippen LogP contribution in [0.3, 0.4) is 0 Å². The van der Waals surface area contributed by atoms with Gasteiger partial charge in [0.25, 0.3) is 0 Å². The van der Waals surface area contributed by atoms with Crippen molar-refractivity contribution in [3.8, 4) is 0 Å². The highest BCUT2D eigenvalue weighted by Crippen LogP contribution is 1.78. The molecule has 0 aliphatic carbocycles. The number of rotatable bonds is 4. The molecule has 0 aromatic carbocycles. The van der Waals surface area contributed by atoms with Gasteiger partial charge in [-0.1, -0.05) is 0 Å². The Hall–Kier alpha value is -0.610. The highest BCUT2D eigenvalue weighted by Gasteiger charge is 1.97. The number of ether oxygens (including phenoxy) is 1. The van der Waals surface area contributed by atoms with E-state index in [0.717, 1.165) is 0 Å².